The standard InChI is InChI=1S/C19H22FN3O3/c1-26-16-8-2-5-13(18(16)20)11-21-17-9-3-7-15(22-17)19(25)23-10-4-6-14(23)12-24/h2-3,5,7-9,14,24H,4,6,10-12H2,1H3,(H,21,22). The molecule has 26 heavy (non-hydrogen) atoms. The molecular weight excluding hydrogens is 337 g/mol. The maximum absolute atomic E-state index is 14.2. The highest BCUT2D eigenvalue weighted by Crippen LogP contribution is 2.22. The molecule has 1 aromatic carbocycles. The van der Waals surface area contributed by atoms with E-state index in [9.17, 15) is 14.3 Å². The number of anilines is 1. The lowest BCUT2D eigenvalue weighted by Gasteiger charge is -2.22. The molecule has 1 fully saturated rings. The van der Waals surface area contributed by atoms with E-state index in [2.05, 4.69) is 10.3 Å². The zero-order valence-corrected chi connectivity index (χ0v) is 14.6. The molecule has 2 aromatic rings. The third-order valence-corrected chi connectivity index (χ3v) is 4.54. The molecule has 2 heterocycles. The number of hydrogen-bond donors (Lipinski definition) is 2. The number of pyridine rings is 1. The van der Waals surface area contributed by atoms with Crippen molar-refractivity contribution < 1.29 is 19.0 Å². The van der Waals surface area contributed by atoms with Crippen LogP contribution in [0.1, 0.15) is 28.9 Å². The van der Waals surface area contributed by atoms with Gasteiger partial charge in [-0.1, -0.05) is 18.2 Å². The van der Waals surface area contributed by atoms with Crippen molar-refractivity contribution in [3.8, 4) is 5.75 Å². The van der Waals surface area contributed by atoms with Gasteiger partial charge in [-0.3, -0.25) is 4.79 Å². The third-order valence-electron chi connectivity index (χ3n) is 4.54. The van der Waals surface area contributed by atoms with E-state index in [1.54, 1.807) is 41.3 Å². The van der Waals surface area contributed by atoms with Crippen molar-refractivity contribution in [3.63, 3.8) is 0 Å². The summed E-state index contributed by atoms with van der Waals surface area (Å²) in [4.78, 5) is 18.6. The van der Waals surface area contributed by atoms with Gasteiger partial charge in [-0.2, -0.15) is 0 Å². The normalized spacial score (nSPS) is 16.6. The van der Waals surface area contributed by atoms with E-state index in [0.717, 1.165) is 12.8 Å². The van der Waals surface area contributed by atoms with Crippen molar-refractivity contribution in [1.82, 2.24) is 9.88 Å². The summed E-state index contributed by atoms with van der Waals surface area (Å²) in [6.45, 7) is 0.799. The van der Waals surface area contributed by atoms with Gasteiger partial charge >= 0.3 is 0 Å². The van der Waals surface area contributed by atoms with Gasteiger partial charge in [-0.25, -0.2) is 9.37 Å². The Hall–Kier alpha value is -2.67. The van der Waals surface area contributed by atoms with Crippen LogP contribution in [0.4, 0.5) is 10.2 Å². The predicted octanol–water partition coefficient (Wildman–Crippen LogP) is 2.44. The van der Waals surface area contributed by atoms with E-state index in [4.69, 9.17) is 4.74 Å². The number of ether oxygens (including phenoxy) is 1. The summed E-state index contributed by atoms with van der Waals surface area (Å²) >= 11 is 0. The molecular formula is C19H22FN3O3. The minimum Gasteiger partial charge on any atom is -0.494 e. The highest BCUT2D eigenvalue weighted by Gasteiger charge is 2.29. The van der Waals surface area contributed by atoms with Crippen LogP contribution in [0.5, 0.6) is 5.75 Å². The number of aromatic nitrogens is 1. The molecule has 1 aromatic heterocycles. The summed E-state index contributed by atoms with van der Waals surface area (Å²) in [5.74, 6) is 0.0541. The number of methoxy groups -OCH3 is 1. The maximum Gasteiger partial charge on any atom is 0.272 e. The fourth-order valence-electron chi connectivity index (χ4n) is 3.13. The number of benzene rings is 1. The van der Waals surface area contributed by atoms with Crippen molar-refractivity contribution in [3.05, 3.63) is 53.5 Å². The summed E-state index contributed by atoms with van der Waals surface area (Å²) in [5.41, 5.74) is 0.754. The van der Waals surface area contributed by atoms with Crippen LogP contribution >= 0.6 is 0 Å². The van der Waals surface area contributed by atoms with E-state index in [1.807, 2.05) is 0 Å². The van der Waals surface area contributed by atoms with Gasteiger partial charge in [0.1, 0.15) is 11.5 Å². The number of nitrogens with one attached hydrogen (secondary N) is 1. The second-order valence-electron chi connectivity index (χ2n) is 6.17. The zero-order chi connectivity index (χ0) is 18.5. The molecule has 0 aliphatic carbocycles. The average molecular weight is 359 g/mol. The monoisotopic (exact) mass is 359 g/mol. The molecule has 1 atom stereocenters. The Morgan fingerprint density at radius 2 is 2.19 bits per heavy atom. The van der Waals surface area contributed by atoms with Gasteiger partial charge in [0.15, 0.2) is 11.6 Å². The Balaban J connectivity index is 1.71. The van der Waals surface area contributed by atoms with Crippen LogP contribution < -0.4 is 10.1 Å². The van der Waals surface area contributed by atoms with Gasteiger partial charge in [-0.05, 0) is 31.0 Å². The molecule has 1 unspecified atom stereocenters. The number of hydrogen-bond acceptors (Lipinski definition) is 5. The van der Waals surface area contributed by atoms with Gasteiger partial charge < -0.3 is 20.1 Å². The lowest BCUT2D eigenvalue weighted by atomic mass is 10.2. The second-order valence-corrected chi connectivity index (χ2v) is 6.17. The first-order valence-electron chi connectivity index (χ1n) is 8.58. The molecule has 0 saturated carbocycles. The van der Waals surface area contributed by atoms with Crippen molar-refractivity contribution >= 4 is 11.7 Å². The minimum absolute atomic E-state index is 0.0429. The van der Waals surface area contributed by atoms with E-state index in [-0.39, 0.29) is 30.9 Å². The summed E-state index contributed by atoms with van der Waals surface area (Å²) in [6.07, 6.45) is 1.68. The molecule has 2 N–H and O–H groups in total. The number of carbonyl (C=O) groups is 1. The average Bonchev–Trinajstić information content (AvgIpc) is 3.15. The Kier molecular flexibility index (Phi) is 5.68. The summed E-state index contributed by atoms with van der Waals surface area (Å²) < 4.78 is 19.2. The van der Waals surface area contributed by atoms with E-state index >= 15 is 0 Å². The number of amides is 1. The first-order chi connectivity index (χ1) is 12.6. The van der Waals surface area contributed by atoms with Crippen LogP contribution in [-0.2, 0) is 6.54 Å². The molecule has 1 amide bonds. The molecule has 1 aliphatic rings. The predicted molar refractivity (Wildman–Crippen MR) is 95.7 cm³/mol. The van der Waals surface area contributed by atoms with Crippen LogP contribution in [0.25, 0.3) is 0 Å². The highest BCUT2D eigenvalue weighted by atomic mass is 19.1. The Labute approximate surface area is 151 Å². The SMILES string of the molecule is COc1cccc(CNc2cccc(C(=O)N3CCCC3CO)n2)c1F. The number of carbonyl (C=O) groups excluding carboxylic acids is 1. The largest absolute Gasteiger partial charge is 0.494 e. The van der Waals surface area contributed by atoms with Crippen LogP contribution in [0, 0.1) is 5.82 Å². The number of rotatable bonds is 6. The molecule has 0 bridgehead atoms. The first kappa shape index (κ1) is 18.1. The molecule has 1 saturated heterocycles. The highest BCUT2D eigenvalue weighted by molar-refractivity contribution is 5.93. The lowest BCUT2D eigenvalue weighted by molar-refractivity contribution is 0.0672. The number of nitrogens with zero attached hydrogens (tertiary/aromatic N) is 2. The molecule has 7 heteroatoms. The maximum atomic E-state index is 14.2. The number of likely N-dealkylation sites (tertiary alicyclic amines) is 1. The fraction of sp³-hybridized carbons (Fsp3) is 0.368. The Morgan fingerprint density at radius 1 is 1.38 bits per heavy atom. The second kappa shape index (κ2) is 8.14. The van der Waals surface area contributed by atoms with Crippen molar-refractivity contribution in [1.29, 1.82) is 0 Å². The zero-order valence-electron chi connectivity index (χ0n) is 14.6. The summed E-state index contributed by atoms with van der Waals surface area (Å²) in [6, 6.07) is 9.89. The topological polar surface area (TPSA) is 74.7 Å². The minimum atomic E-state index is -0.419. The van der Waals surface area contributed by atoms with E-state index in [1.165, 1.54) is 7.11 Å². The smallest absolute Gasteiger partial charge is 0.272 e. The van der Waals surface area contributed by atoms with E-state index in [0.29, 0.717) is 23.6 Å². The van der Waals surface area contributed by atoms with Gasteiger partial charge in [0.2, 0.25) is 0 Å². The van der Waals surface area contributed by atoms with E-state index < -0.39 is 5.82 Å². The Morgan fingerprint density at radius 3 is 2.96 bits per heavy atom. The van der Waals surface area contributed by atoms with Crippen LogP contribution in [0.2, 0.25) is 0 Å². The quantitative estimate of drug-likeness (QED) is 0.829. The van der Waals surface area contributed by atoms with Crippen LogP contribution in [0.15, 0.2) is 36.4 Å². The lowest BCUT2D eigenvalue weighted by Crippen LogP contribution is -2.38. The van der Waals surface area contributed by atoms with Crippen LogP contribution in [0.3, 0.4) is 0 Å². The molecule has 0 spiro atoms. The van der Waals surface area contributed by atoms with Gasteiger partial charge in [0, 0.05) is 18.7 Å². The van der Waals surface area contributed by atoms with Crippen molar-refractivity contribution in [2.75, 3.05) is 25.6 Å². The third kappa shape index (κ3) is 3.77. The summed E-state index contributed by atoms with van der Waals surface area (Å²) in [7, 11) is 1.42. The molecule has 1 aliphatic heterocycles. The number of aliphatic hydroxyl groups excluding tert-OH is 1. The van der Waals surface area contributed by atoms with Crippen molar-refractivity contribution in [2.24, 2.45) is 0 Å². The Bertz CT molecular complexity index is 784. The van der Waals surface area contributed by atoms with Gasteiger partial charge in [-0.15, -0.1) is 0 Å². The molecule has 0 radical (unpaired) electrons. The molecule has 3 rings (SSSR count). The number of aliphatic hydroxyl groups is 1. The molecule has 138 valence electrons. The number of halogens is 1. The fourth-order valence-corrected chi connectivity index (χ4v) is 3.13. The van der Waals surface area contributed by atoms with Crippen molar-refractivity contribution in [2.45, 2.75) is 25.4 Å². The first-order valence-corrected chi connectivity index (χ1v) is 8.58. The van der Waals surface area contributed by atoms with Crippen LogP contribution in [-0.4, -0.2) is 47.2 Å². The van der Waals surface area contributed by atoms with Gasteiger partial charge in [0.25, 0.3) is 5.91 Å². The summed E-state index contributed by atoms with van der Waals surface area (Å²) in [5, 5.41) is 12.4. The van der Waals surface area contributed by atoms with Gasteiger partial charge in [0.05, 0.1) is 19.8 Å². The molecule has 6 nitrogen and oxygen atoms in total.